The van der Waals surface area contributed by atoms with Crippen LogP contribution >= 0.6 is 0 Å². The number of nitrogens with zero attached hydrogens (tertiary/aromatic N) is 3. The summed E-state index contributed by atoms with van der Waals surface area (Å²) in [5, 5.41) is 6.43. The molecule has 0 aliphatic carbocycles. The molecular weight excluding hydrogens is 512 g/mol. The Bertz CT molecular complexity index is 1330. The zero-order valence-corrected chi connectivity index (χ0v) is 23.3. The molecule has 0 aliphatic rings. The molecule has 0 amide bonds. The molecule has 4 aromatic rings. The van der Waals surface area contributed by atoms with Crippen molar-refractivity contribution in [2.45, 2.75) is 41.0 Å². The van der Waals surface area contributed by atoms with E-state index >= 15 is 0 Å². The standard InChI is InChI=1S/C16H17N3O.C16H21N3O.CH4/c1-13-15(17-2)8-9-16(19-13)18-10-11-20-12-14-6-4-3-5-7-14;1-13-15(11-17)7-8-16(19-13)18-9-10-20-12-14-5-3-2-4-6-14;/h3-9H,10-12H2,1H3,(H,18,19);2-8H,9-12,17H2,1H3,(H,18,19);1H4. The van der Waals surface area contributed by atoms with Gasteiger partial charge in [-0.3, -0.25) is 0 Å². The number of anilines is 2. The monoisotopic (exact) mass is 554 g/mol. The lowest BCUT2D eigenvalue weighted by atomic mass is 10.2. The molecule has 0 radical (unpaired) electrons. The van der Waals surface area contributed by atoms with Crippen LogP contribution in [0.2, 0.25) is 0 Å². The van der Waals surface area contributed by atoms with E-state index in [1.807, 2.05) is 80.6 Å². The molecule has 2 aromatic carbocycles. The highest BCUT2D eigenvalue weighted by molar-refractivity contribution is 5.53. The molecule has 0 saturated heterocycles. The van der Waals surface area contributed by atoms with Crippen molar-refractivity contribution in [2.24, 2.45) is 5.73 Å². The number of rotatable bonds is 13. The van der Waals surface area contributed by atoms with Crippen molar-refractivity contribution >= 4 is 17.3 Å². The van der Waals surface area contributed by atoms with Gasteiger partial charge in [-0.25, -0.2) is 14.8 Å². The molecule has 8 heteroatoms. The second-order valence-corrected chi connectivity index (χ2v) is 8.99. The molecule has 41 heavy (non-hydrogen) atoms. The molecule has 0 atom stereocenters. The lowest BCUT2D eigenvalue weighted by Crippen LogP contribution is -2.11. The van der Waals surface area contributed by atoms with E-state index in [0.717, 1.165) is 35.1 Å². The number of hydrogen-bond donors (Lipinski definition) is 3. The van der Waals surface area contributed by atoms with Gasteiger partial charge in [-0.15, -0.1) is 0 Å². The Morgan fingerprint density at radius 2 is 1.20 bits per heavy atom. The van der Waals surface area contributed by atoms with Gasteiger partial charge in [-0.2, -0.15) is 0 Å². The molecule has 4 rings (SSSR count). The second kappa shape index (κ2) is 18.9. The molecule has 2 heterocycles. The molecule has 8 nitrogen and oxygen atoms in total. The molecular formula is C33H42N6O2. The lowest BCUT2D eigenvalue weighted by molar-refractivity contribution is 0.130. The summed E-state index contributed by atoms with van der Waals surface area (Å²) in [4.78, 5) is 12.2. The van der Waals surface area contributed by atoms with Crippen molar-refractivity contribution in [3.63, 3.8) is 0 Å². The van der Waals surface area contributed by atoms with Gasteiger partial charge in [0, 0.05) is 31.0 Å². The number of aryl methyl sites for hydroxylation is 2. The van der Waals surface area contributed by atoms with Crippen LogP contribution in [0.4, 0.5) is 17.3 Å². The predicted octanol–water partition coefficient (Wildman–Crippen LogP) is 6.68. The largest absolute Gasteiger partial charge is 0.375 e. The van der Waals surface area contributed by atoms with E-state index in [1.54, 1.807) is 6.07 Å². The summed E-state index contributed by atoms with van der Waals surface area (Å²) < 4.78 is 11.2. The first kappa shape index (κ1) is 32.9. The van der Waals surface area contributed by atoms with Crippen LogP contribution in [0, 0.1) is 20.4 Å². The van der Waals surface area contributed by atoms with Crippen molar-refractivity contribution in [2.75, 3.05) is 36.9 Å². The summed E-state index contributed by atoms with van der Waals surface area (Å²) in [6, 6.07) is 27.8. The van der Waals surface area contributed by atoms with Gasteiger partial charge in [-0.05, 0) is 42.7 Å². The maximum absolute atomic E-state index is 6.97. The Morgan fingerprint density at radius 3 is 1.63 bits per heavy atom. The fourth-order valence-corrected chi connectivity index (χ4v) is 3.71. The van der Waals surface area contributed by atoms with Gasteiger partial charge in [0.25, 0.3) is 0 Å². The number of ether oxygens (including phenoxy) is 2. The first-order valence-electron chi connectivity index (χ1n) is 13.3. The fourth-order valence-electron chi connectivity index (χ4n) is 3.71. The maximum Gasteiger partial charge on any atom is 0.208 e. The Hall–Kier alpha value is -4.29. The number of pyridine rings is 2. The van der Waals surface area contributed by atoms with Crippen LogP contribution in [0.5, 0.6) is 0 Å². The van der Waals surface area contributed by atoms with Crippen molar-refractivity contribution in [1.29, 1.82) is 0 Å². The number of nitrogens with two attached hydrogens (primary N) is 1. The molecule has 0 aliphatic heterocycles. The van der Waals surface area contributed by atoms with Gasteiger partial charge in [0.1, 0.15) is 11.6 Å². The predicted molar refractivity (Wildman–Crippen MR) is 168 cm³/mol. The van der Waals surface area contributed by atoms with Gasteiger partial charge in [0.2, 0.25) is 5.69 Å². The zero-order valence-electron chi connectivity index (χ0n) is 23.3. The van der Waals surface area contributed by atoms with E-state index < -0.39 is 0 Å². The SMILES string of the molecule is C.Cc1nc(NCCOCc2ccccc2)ccc1CN.[C-]#[N+]c1ccc(NCCOCc2ccccc2)nc1C. The van der Waals surface area contributed by atoms with E-state index in [2.05, 4.69) is 37.6 Å². The molecule has 0 bridgehead atoms. The normalized spacial score (nSPS) is 10.0. The van der Waals surface area contributed by atoms with Crippen LogP contribution in [0.3, 0.4) is 0 Å². The van der Waals surface area contributed by atoms with Gasteiger partial charge >= 0.3 is 0 Å². The highest BCUT2D eigenvalue weighted by atomic mass is 16.5. The summed E-state index contributed by atoms with van der Waals surface area (Å²) >= 11 is 0. The third-order valence-corrected chi connectivity index (χ3v) is 5.92. The number of aromatic nitrogens is 2. The number of nitrogens with one attached hydrogen (secondary N) is 2. The average Bonchev–Trinajstić information content (AvgIpc) is 2.98. The van der Waals surface area contributed by atoms with Crippen LogP contribution in [-0.2, 0) is 29.2 Å². The molecule has 2 aromatic heterocycles. The minimum absolute atomic E-state index is 0. The molecule has 216 valence electrons. The molecule has 0 saturated carbocycles. The Balaban J connectivity index is 0.000000280. The minimum atomic E-state index is 0. The van der Waals surface area contributed by atoms with Gasteiger partial charge in [-0.1, -0.05) is 80.2 Å². The number of benzene rings is 2. The van der Waals surface area contributed by atoms with E-state index in [-0.39, 0.29) is 7.43 Å². The van der Waals surface area contributed by atoms with Crippen LogP contribution in [-0.4, -0.2) is 36.3 Å². The Morgan fingerprint density at radius 1 is 0.707 bits per heavy atom. The van der Waals surface area contributed by atoms with Crippen LogP contribution in [0.1, 0.15) is 35.5 Å². The molecule has 4 N–H and O–H groups in total. The van der Waals surface area contributed by atoms with Gasteiger partial charge in [0.05, 0.1) is 33.0 Å². The fraction of sp³-hybridized carbons (Fsp3) is 0.303. The minimum Gasteiger partial charge on any atom is -0.375 e. The van der Waals surface area contributed by atoms with Gasteiger partial charge < -0.3 is 25.8 Å². The van der Waals surface area contributed by atoms with Gasteiger partial charge in [0.15, 0.2) is 0 Å². The number of hydrogen-bond acceptors (Lipinski definition) is 7. The summed E-state index contributed by atoms with van der Waals surface area (Å²) in [6.45, 7) is 15.3. The summed E-state index contributed by atoms with van der Waals surface area (Å²) in [6.07, 6.45) is 0. The second-order valence-electron chi connectivity index (χ2n) is 8.99. The third kappa shape index (κ3) is 12.2. The Labute approximate surface area is 244 Å². The first-order valence-corrected chi connectivity index (χ1v) is 13.3. The molecule has 0 spiro atoms. The highest BCUT2D eigenvalue weighted by Crippen LogP contribution is 2.18. The van der Waals surface area contributed by atoms with Crippen molar-refractivity contribution in [1.82, 2.24) is 9.97 Å². The summed E-state index contributed by atoms with van der Waals surface area (Å²) in [7, 11) is 0. The summed E-state index contributed by atoms with van der Waals surface area (Å²) in [5.41, 5.74) is 11.4. The molecule has 0 unspecified atom stereocenters. The quantitative estimate of drug-likeness (QED) is 0.125. The third-order valence-electron chi connectivity index (χ3n) is 5.92. The van der Waals surface area contributed by atoms with Crippen LogP contribution < -0.4 is 16.4 Å². The van der Waals surface area contributed by atoms with E-state index in [0.29, 0.717) is 45.2 Å². The van der Waals surface area contributed by atoms with Crippen molar-refractivity contribution in [3.8, 4) is 0 Å². The summed E-state index contributed by atoms with van der Waals surface area (Å²) in [5.74, 6) is 1.64. The van der Waals surface area contributed by atoms with E-state index in [9.17, 15) is 0 Å². The smallest absolute Gasteiger partial charge is 0.208 e. The molecule has 0 fully saturated rings. The first-order chi connectivity index (χ1) is 19.6. The van der Waals surface area contributed by atoms with Crippen LogP contribution in [0.25, 0.3) is 4.85 Å². The highest BCUT2D eigenvalue weighted by Gasteiger charge is 2.01. The van der Waals surface area contributed by atoms with Crippen molar-refractivity contribution in [3.05, 3.63) is 124 Å². The maximum atomic E-state index is 6.97. The van der Waals surface area contributed by atoms with E-state index in [1.165, 1.54) is 11.1 Å². The zero-order chi connectivity index (χ0) is 28.4. The lowest BCUT2D eigenvalue weighted by Gasteiger charge is -2.09. The Kier molecular flexibility index (Phi) is 15.2. The van der Waals surface area contributed by atoms with E-state index in [4.69, 9.17) is 21.8 Å². The topological polar surface area (TPSA) is 98.7 Å². The van der Waals surface area contributed by atoms with Crippen LogP contribution in [0.15, 0.2) is 84.9 Å². The average molecular weight is 555 g/mol. The van der Waals surface area contributed by atoms with Crippen molar-refractivity contribution < 1.29 is 9.47 Å².